The Morgan fingerprint density at radius 3 is 3.12 bits per heavy atom. The van der Waals surface area contributed by atoms with Crippen molar-refractivity contribution in [3.63, 3.8) is 0 Å². The number of hydrogen-bond acceptors (Lipinski definition) is 3. The molecular weight excluding hydrogens is 234 g/mol. The zero-order valence-corrected chi connectivity index (χ0v) is 9.44. The summed E-state index contributed by atoms with van der Waals surface area (Å²) in [5.74, 6) is 0. The molecule has 0 aliphatic rings. The summed E-state index contributed by atoms with van der Waals surface area (Å²) in [7, 11) is 1.54. The highest BCUT2D eigenvalue weighted by Gasteiger charge is 1.97. The summed E-state index contributed by atoms with van der Waals surface area (Å²) in [5, 5.41) is 12.0. The minimum Gasteiger partial charge on any atom is -0.428 e. The fraction of sp³-hybridized carbons (Fsp3) is 0.333. The molecule has 0 saturated heterocycles. The molecule has 1 aromatic heterocycles. The van der Waals surface area contributed by atoms with E-state index in [1.165, 1.54) is 18.3 Å². The minimum atomic E-state index is -0.483. The van der Waals surface area contributed by atoms with Crippen LogP contribution in [0.1, 0.15) is 0 Å². The van der Waals surface area contributed by atoms with Gasteiger partial charge in [0.25, 0.3) is 0 Å². The lowest BCUT2D eigenvalue weighted by atomic mass is 10.5. The van der Waals surface area contributed by atoms with Gasteiger partial charge in [0, 0.05) is 25.9 Å². The van der Waals surface area contributed by atoms with E-state index in [1.54, 1.807) is 7.11 Å². The van der Waals surface area contributed by atoms with Crippen molar-refractivity contribution < 1.29 is 14.7 Å². The van der Waals surface area contributed by atoms with Crippen molar-refractivity contribution in [1.82, 2.24) is 10.0 Å². The standard InChI is InChI=1S/C9H12ClN3O3/c1-16-5-3-11-9(14)12-7-2-4-13(15)8(10)6-7/h2,4,6,15H,3,5H2,1H3,(H,11,14)/b12-7-. The van der Waals surface area contributed by atoms with Crippen molar-refractivity contribution in [2.24, 2.45) is 4.99 Å². The number of ether oxygens (including phenoxy) is 1. The average molecular weight is 246 g/mol. The van der Waals surface area contributed by atoms with E-state index in [9.17, 15) is 4.79 Å². The normalized spacial score (nSPS) is 11.5. The maximum atomic E-state index is 11.2. The smallest absolute Gasteiger partial charge is 0.341 e. The van der Waals surface area contributed by atoms with Crippen molar-refractivity contribution in [3.8, 4) is 0 Å². The summed E-state index contributed by atoms with van der Waals surface area (Å²) < 4.78 is 5.49. The van der Waals surface area contributed by atoms with E-state index in [-0.39, 0.29) is 5.15 Å². The quantitative estimate of drug-likeness (QED) is 0.466. The SMILES string of the molecule is COCCNC(=O)/N=c1/ccn(O)c(Cl)c1. The Kier molecular flexibility index (Phi) is 4.81. The van der Waals surface area contributed by atoms with Gasteiger partial charge in [-0.25, -0.2) is 4.79 Å². The van der Waals surface area contributed by atoms with Gasteiger partial charge < -0.3 is 15.3 Å². The van der Waals surface area contributed by atoms with Crippen LogP contribution in [0, 0.1) is 0 Å². The van der Waals surface area contributed by atoms with Gasteiger partial charge in [-0.15, -0.1) is 0 Å². The predicted octanol–water partition coefficient (Wildman–Crippen LogP) is 0.635. The molecule has 0 aliphatic carbocycles. The van der Waals surface area contributed by atoms with E-state index in [0.29, 0.717) is 18.5 Å². The van der Waals surface area contributed by atoms with Crippen molar-refractivity contribution >= 4 is 17.6 Å². The van der Waals surface area contributed by atoms with Crippen LogP contribution in [0.5, 0.6) is 0 Å². The van der Waals surface area contributed by atoms with E-state index >= 15 is 0 Å². The fourth-order valence-electron chi connectivity index (χ4n) is 0.941. The third kappa shape index (κ3) is 3.92. The van der Waals surface area contributed by atoms with E-state index in [1.807, 2.05) is 0 Å². The van der Waals surface area contributed by atoms with Gasteiger partial charge in [-0.1, -0.05) is 11.6 Å². The molecule has 88 valence electrons. The van der Waals surface area contributed by atoms with Crippen LogP contribution < -0.4 is 10.7 Å². The van der Waals surface area contributed by atoms with E-state index in [4.69, 9.17) is 21.5 Å². The van der Waals surface area contributed by atoms with Gasteiger partial charge in [-0.3, -0.25) is 0 Å². The van der Waals surface area contributed by atoms with Crippen molar-refractivity contribution in [3.05, 3.63) is 28.8 Å². The lowest BCUT2D eigenvalue weighted by Gasteiger charge is -2.00. The third-order valence-electron chi connectivity index (χ3n) is 1.69. The second-order valence-corrected chi connectivity index (χ2v) is 3.28. The second kappa shape index (κ2) is 6.14. The summed E-state index contributed by atoms with van der Waals surface area (Å²) in [5.41, 5.74) is 0. The predicted molar refractivity (Wildman–Crippen MR) is 57.5 cm³/mol. The number of pyridine rings is 1. The number of carbonyl (C=O) groups is 1. The Labute approximate surface area is 97.1 Å². The number of hydrogen-bond donors (Lipinski definition) is 2. The number of nitrogens with one attached hydrogen (secondary N) is 1. The number of halogens is 1. The number of urea groups is 1. The molecule has 1 aromatic rings. The maximum Gasteiger partial charge on any atom is 0.341 e. The average Bonchev–Trinajstić information content (AvgIpc) is 2.24. The van der Waals surface area contributed by atoms with Crippen LogP contribution in [-0.2, 0) is 4.74 Å². The molecule has 7 heteroatoms. The largest absolute Gasteiger partial charge is 0.428 e. The molecule has 16 heavy (non-hydrogen) atoms. The molecule has 6 nitrogen and oxygen atoms in total. The molecule has 0 atom stereocenters. The van der Waals surface area contributed by atoms with Crippen LogP contribution in [0.25, 0.3) is 0 Å². The van der Waals surface area contributed by atoms with Crippen LogP contribution in [0.15, 0.2) is 23.3 Å². The molecule has 0 aliphatic heterocycles. The number of methoxy groups -OCH3 is 1. The molecule has 2 amide bonds. The summed E-state index contributed by atoms with van der Waals surface area (Å²) in [6.45, 7) is 0.812. The Morgan fingerprint density at radius 2 is 2.50 bits per heavy atom. The third-order valence-corrected chi connectivity index (χ3v) is 1.97. The van der Waals surface area contributed by atoms with Crippen LogP contribution >= 0.6 is 11.6 Å². The summed E-state index contributed by atoms with van der Waals surface area (Å²) >= 11 is 5.63. The molecule has 0 bridgehead atoms. The monoisotopic (exact) mass is 245 g/mol. The van der Waals surface area contributed by atoms with E-state index in [0.717, 1.165) is 4.73 Å². The molecule has 1 heterocycles. The summed E-state index contributed by atoms with van der Waals surface area (Å²) in [6, 6.07) is 2.35. The zero-order valence-electron chi connectivity index (χ0n) is 8.68. The van der Waals surface area contributed by atoms with Gasteiger partial charge in [0.1, 0.15) is 5.15 Å². The first-order valence-electron chi connectivity index (χ1n) is 4.52. The van der Waals surface area contributed by atoms with Gasteiger partial charge in [0.05, 0.1) is 12.0 Å². The Morgan fingerprint density at radius 1 is 1.75 bits per heavy atom. The second-order valence-electron chi connectivity index (χ2n) is 2.89. The van der Waals surface area contributed by atoms with Crippen LogP contribution in [0.3, 0.4) is 0 Å². The van der Waals surface area contributed by atoms with E-state index < -0.39 is 6.03 Å². The molecule has 2 N–H and O–H groups in total. The Balaban J connectivity index is 2.68. The van der Waals surface area contributed by atoms with Crippen molar-refractivity contribution in [2.45, 2.75) is 0 Å². The molecule has 0 unspecified atom stereocenters. The minimum absolute atomic E-state index is 0.0749. The lowest BCUT2D eigenvalue weighted by molar-refractivity contribution is 0.185. The van der Waals surface area contributed by atoms with Crippen molar-refractivity contribution in [2.75, 3.05) is 20.3 Å². The Hall–Kier alpha value is -1.53. The molecule has 0 fully saturated rings. The van der Waals surface area contributed by atoms with Gasteiger partial charge >= 0.3 is 6.03 Å². The maximum absolute atomic E-state index is 11.2. The number of carbonyl (C=O) groups excluding carboxylic acids is 1. The van der Waals surface area contributed by atoms with Gasteiger partial charge in [-0.2, -0.15) is 9.72 Å². The molecule has 0 aromatic carbocycles. The Bertz CT molecular complexity index is 430. The molecule has 0 spiro atoms. The van der Waals surface area contributed by atoms with Gasteiger partial charge in [0.15, 0.2) is 0 Å². The summed E-state index contributed by atoms with van der Waals surface area (Å²) in [6.07, 6.45) is 1.30. The number of rotatable bonds is 3. The fourth-order valence-corrected chi connectivity index (χ4v) is 1.11. The zero-order chi connectivity index (χ0) is 12.0. The molecule has 0 radical (unpaired) electrons. The van der Waals surface area contributed by atoms with Crippen LogP contribution in [0.4, 0.5) is 4.79 Å². The van der Waals surface area contributed by atoms with Gasteiger partial charge in [0.2, 0.25) is 0 Å². The number of amides is 2. The topological polar surface area (TPSA) is 75.8 Å². The van der Waals surface area contributed by atoms with Crippen LogP contribution in [0.2, 0.25) is 5.15 Å². The molecular formula is C9H12ClN3O3. The highest BCUT2D eigenvalue weighted by Crippen LogP contribution is 2.00. The van der Waals surface area contributed by atoms with Crippen molar-refractivity contribution in [1.29, 1.82) is 0 Å². The highest BCUT2D eigenvalue weighted by molar-refractivity contribution is 6.29. The molecule has 1 rings (SSSR count). The summed E-state index contributed by atoms with van der Waals surface area (Å²) in [4.78, 5) is 15.0. The number of nitrogens with zero attached hydrogens (tertiary/aromatic N) is 2. The van der Waals surface area contributed by atoms with Gasteiger partial charge in [-0.05, 0) is 6.07 Å². The highest BCUT2D eigenvalue weighted by atomic mass is 35.5. The van der Waals surface area contributed by atoms with E-state index in [2.05, 4.69) is 10.3 Å². The first-order chi connectivity index (χ1) is 7.63. The first kappa shape index (κ1) is 12.5. The van der Waals surface area contributed by atoms with Crippen LogP contribution in [-0.4, -0.2) is 36.2 Å². The first-order valence-corrected chi connectivity index (χ1v) is 4.90. The molecule has 0 saturated carbocycles. The lowest BCUT2D eigenvalue weighted by Crippen LogP contribution is -2.25. The number of aromatic nitrogens is 1.